The number of amides is 3. The lowest BCUT2D eigenvalue weighted by molar-refractivity contribution is -0.121. The molecule has 0 atom stereocenters. The van der Waals surface area contributed by atoms with Crippen LogP contribution in [0, 0.1) is 0 Å². The van der Waals surface area contributed by atoms with Crippen molar-refractivity contribution in [3.8, 4) is 22.6 Å². The summed E-state index contributed by atoms with van der Waals surface area (Å²) in [5.41, 5.74) is 2.79. The average molecular weight is 503 g/mol. The molecule has 2 aromatic carbocycles. The molecule has 3 amide bonds. The highest BCUT2D eigenvalue weighted by molar-refractivity contribution is 5.98. The summed E-state index contributed by atoms with van der Waals surface area (Å²) in [5, 5.41) is 16.3. The minimum absolute atomic E-state index is 0.0855. The van der Waals surface area contributed by atoms with Crippen LogP contribution in [0.4, 0.5) is 0 Å². The number of aromatic hydroxyl groups is 1. The first kappa shape index (κ1) is 25.7. The van der Waals surface area contributed by atoms with Crippen molar-refractivity contribution in [3.05, 3.63) is 77.6 Å². The molecule has 0 spiro atoms. The fourth-order valence-electron chi connectivity index (χ4n) is 4.25. The van der Waals surface area contributed by atoms with Crippen molar-refractivity contribution in [2.75, 3.05) is 33.3 Å². The van der Waals surface area contributed by atoms with Crippen molar-refractivity contribution in [2.45, 2.75) is 19.3 Å². The van der Waals surface area contributed by atoms with Crippen LogP contribution in [-0.4, -0.2) is 66.0 Å². The number of phenolic OH excluding ortho intramolecular Hbond substituents is 1. The van der Waals surface area contributed by atoms with Crippen LogP contribution in [0.5, 0.6) is 11.5 Å². The van der Waals surface area contributed by atoms with Gasteiger partial charge in [0.25, 0.3) is 11.8 Å². The number of hydrogen-bond acceptors (Lipinski definition) is 6. The number of fused-ring (bicyclic) bond motifs is 5. The SMILES string of the molecule is COc1ccc2cc1C(=O)NCCN(C(=O)c1ccccn1)CCCC(=O)NCCc1ccc(O)c-2c1. The fraction of sp³-hybridized carbons (Fsp3) is 0.286. The molecule has 1 aliphatic rings. The highest BCUT2D eigenvalue weighted by Gasteiger charge is 2.19. The molecule has 4 rings (SSSR count). The molecule has 0 aliphatic carbocycles. The van der Waals surface area contributed by atoms with E-state index in [4.69, 9.17) is 4.74 Å². The Bertz CT molecular complexity index is 1280. The first-order valence-electron chi connectivity index (χ1n) is 12.2. The lowest BCUT2D eigenvalue weighted by Crippen LogP contribution is -2.40. The Hall–Kier alpha value is -4.40. The van der Waals surface area contributed by atoms with Crippen LogP contribution >= 0.6 is 0 Å². The largest absolute Gasteiger partial charge is 0.507 e. The third kappa shape index (κ3) is 6.43. The summed E-state index contributed by atoms with van der Waals surface area (Å²) in [4.78, 5) is 44.3. The van der Waals surface area contributed by atoms with Gasteiger partial charge in [0.2, 0.25) is 5.91 Å². The van der Waals surface area contributed by atoms with Crippen LogP contribution in [0.2, 0.25) is 0 Å². The molecule has 0 fully saturated rings. The van der Waals surface area contributed by atoms with E-state index in [1.807, 2.05) is 12.1 Å². The van der Waals surface area contributed by atoms with E-state index in [2.05, 4.69) is 15.6 Å². The molecular formula is C28H30N4O5. The number of rotatable bonds is 2. The minimum atomic E-state index is -0.361. The number of hydrogen-bond donors (Lipinski definition) is 3. The number of pyridine rings is 1. The van der Waals surface area contributed by atoms with Gasteiger partial charge in [-0.3, -0.25) is 19.4 Å². The first-order valence-corrected chi connectivity index (χ1v) is 12.2. The Morgan fingerprint density at radius 1 is 0.973 bits per heavy atom. The molecular weight excluding hydrogens is 472 g/mol. The van der Waals surface area contributed by atoms with Gasteiger partial charge in [0.15, 0.2) is 0 Å². The van der Waals surface area contributed by atoms with E-state index in [9.17, 15) is 19.5 Å². The Morgan fingerprint density at radius 2 is 1.84 bits per heavy atom. The predicted molar refractivity (Wildman–Crippen MR) is 139 cm³/mol. The van der Waals surface area contributed by atoms with Gasteiger partial charge in [-0.2, -0.15) is 0 Å². The zero-order valence-electron chi connectivity index (χ0n) is 20.7. The van der Waals surface area contributed by atoms with E-state index in [0.29, 0.717) is 54.1 Å². The van der Waals surface area contributed by atoms with E-state index in [-0.39, 0.29) is 43.0 Å². The number of carbonyl (C=O) groups excluding carboxylic acids is 3. The molecule has 0 saturated carbocycles. The normalized spacial score (nSPS) is 15.1. The number of phenols is 1. The Morgan fingerprint density at radius 3 is 2.62 bits per heavy atom. The second-order valence-electron chi connectivity index (χ2n) is 8.73. The average Bonchev–Trinajstić information content (AvgIpc) is 2.92. The van der Waals surface area contributed by atoms with Gasteiger partial charge >= 0.3 is 0 Å². The molecule has 37 heavy (non-hydrogen) atoms. The number of ether oxygens (including phenoxy) is 1. The van der Waals surface area contributed by atoms with Crippen molar-refractivity contribution in [1.82, 2.24) is 20.5 Å². The van der Waals surface area contributed by atoms with Crippen molar-refractivity contribution in [3.63, 3.8) is 0 Å². The molecule has 2 heterocycles. The van der Waals surface area contributed by atoms with Crippen LogP contribution in [0.3, 0.4) is 0 Å². The summed E-state index contributed by atoms with van der Waals surface area (Å²) in [6.07, 6.45) is 2.86. The molecule has 192 valence electrons. The lowest BCUT2D eigenvalue weighted by Gasteiger charge is -2.23. The van der Waals surface area contributed by atoms with Gasteiger partial charge < -0.3 is 25.4 Å². The van der Waals surface area contributed by atoms with Crippen LogP contribution in [-0.2, 0) is 11.2 Å². The maximum absolute atomic E-state index is 13.1. The quantitative estimate of drug-likeness (QED) is 0.496. The van der Waals surface area contributed by atoms with Crippen LogP contribution in [0.25, 0.3) is 11.1 Å². The van der Waals surface area contributed by atoms with Crippen molar-refractivity contribution < 1.29 is 24.2 Å². The van der Waals surface area contributed by atoms with E-state index in [1.165, 1.54) is 7.11 Å². The maximum atomic E-state index is 13.1. The Labute approximate surface area is 215 Å². The van der Waals surface area contributed by atoms with Crippen LogP contribution in [0.1, 0.15) is 39.3 Å². The molecule has 3 aromatic rings. The zero-order valence-corrected chi connectivity index (χ0v) is 20.7. The number of carbonyl (C=O) groups is 3. The number of nitrogens with one attached hydrogen (secondary N) is 2. The topological polar surface area (TPSA) is 121 Å². The standard InChI is InChI=1S/C28H30N4O5/c1-37-25-10-8-20-18-22(25)27(35)31-14-16-32(28(36)23-5-2-3-12-29-23)15-4-6-26(34)30-13-11-19-7-9-24(33)21(20)17-19/h2-3,5,7-10,12,17-18,33H,4,6,11,13-16H2,1H3,(H,30,34)(H,31,35). The van der Waals surface area contributed by atoms with Gasteiger partial charge in [0.1, 0.15) is 17.2 Å². The molecule has 0 unspecified atom stereocenters. The number of nitrogens with zero attached hydrogens (tertiary/aromatic N) is 2. The maximum Gasteiger partial charge on any atom is 0.272 e. The van der Waals surface area contributed by atoms with E-state index < -0.39 is 0 Å². The Kier molecular flexibility index (Phi) is 8.35. The number of methoxy groups -OCH3 is 1. The smallest absolute Gasteiger partial charge is 0.272 e. The van der Waals surface area contributed by atoms with E-state index in [0.717, 1.165) is 5.56 Å². The molecule has 3 N–H and O–H groups in total. The van der Waals surface area contributed by atoms with Crippen molar-refractivity contribution >= 4 is 17.7 Å². The highest BCUT2D eigenvalue weighted by Crippen LogP contribution is 2.33. The number of aromatic nitrogens is 1. The molecule has 9 heteroatoms. The minimum Gasteiger partial charge on any atom is -0.507 e. The summed E-state index contributed by atoms with van der Waals surface area (Å²) >= 11 is 0. The van der Waals surface area contributed by atoms with Crippen LogP contribution < -0.4 is 15.4 Å². The third-order valence-corrected chi connectivity index (χ3v) is 6.22. The Balaban J connectivity index is 1.62. The van der Waals surface area contributed by atoms with Gasteiger partial charge in [0, 0.05) is 44.4 Å². The van der Waals surface area contributed by atoms with Crippen molar-refractivity contribution in [1.29, 1.82) is 0 Å². The monoisotopic (exact) mass is 502 g/mol. The van der Waals surface area contributed by atoms with Gasteiger partial charge in [-0.1, -0.05) is 18.2 Å². The van der Waals surface area contributed by atoms with Crippen LogP contribution in [0.15, 0.2) is 60.8 Å². The molecule has 4 bridgehead atoms. The van der Waals surface area contributed by atoms with Gasteiger partial charge in [-0.05, 0) is 60.4 Å². The fourth-order valence-corrected chi connectivity index (χ4v) is 4.25. The lowest BCUT2D eigenvalue weighted by atomic mass is 9.98. The summed E-state index contributed by atoms with van der Waals surface area (Å²) in [6, 6.07) is 15.5. The molecule has 0 radical (unpaired) electrons. The summed E-state index contributed by atoms with van der Waals surface area (Å²) in [5.74, 6) is -0.241. The van der Waals surface area contributed by atoms with Gasteiger partial charge in [-0.25, -0.2) is 0 Å². The van der Waals surface area contributed by atoms with E-state index in [1.54, 1.807) is 53.6 Å². The zero-order chi connectivity index (χ0) is 26.2. The molecule has 1 aromatic heterocycles. The highest BCUT2D eigenvalue weighted by atomic mass is 16.5. The molecule has 9 nitrogen and oxygen atoms in total. The summed E-state index contributed by atoms with van der Waals surface area (Å²) < 4.78 is 5.41. The van der Waals surface area contributed by atoms with Gasteiger partial charge in [-0.15, -0.1) is 0 Å². The summed E-state index contributed by atoms with van der Waals surface area (Å²) in [6.45, 7) is 1.22. The number of benzene rings is 2. The third-order valence-electron chi connectivity index (χ3n) is 6.22. The van der Waals surface area contributed by atoms with Gasteiger partial charge in [0.05, 0.1) is 12.7 Å². The second kappa shape index (κ2) is 12.0. The van der Waals surface area contributed by atoms with Crippen molar-refractivity contribution in [2.24, 2.45) is 0 Å². The molecule has 1 aliphatic heterocycles. The summed E-state index contributed by atoms with van der Waals surface area (Å²) in [7, 11) is 1.49. The second-order valence-corrected chi connectivity index (χ2v) is 8.73. The van der Waals surface area contributed by atoms with E-state index >= 15 is 0 Å². The predicted octanol–water partition coefficient (Wildman–Crippen LogP) is 2.79. The first-order chi connectivity index (χ1) is 18.0. The molecule has 0 saturated heterocycles.